The smallest absolute Gasteiger partial charge is 0.267 e. The van der Waals surface area contributed by atoms with Gasteiger partial charge in [0.2, 0.25) is 5.91 Å². The molecule has 1 amide bonds. The van der Waals surface area contributed by atoms with Crippen molar-refractivity contribution in [2.75, 3.05) is 5.75 Å². The summed E-state index contributed by atoms with van der Waals surface area (Å²) in [6, 6.07) is -1.07. The Hall–Kier alpha value is -1.18. The topological polar surface area (TPSA) is 104 Å². The van der Waals surface area contributed by atoms with Crippen LogP contribution in [0.5, 0.6) is 0 Å². The summed E-state index contributed by atoms with van der Waals surface area (Å²) >= 11 is 0. The lowest BCUT2D eigenvalue weighted by atomic mass is 10.0. The number of aliphatic hydroxyl groups is 1. The molecular weight excluding hydrogens is 655 g/mol. The van der Waals surface area contributed by atoms with Crippen LogP contribution in [0, 0.1) is 0 Å². The molecule has 0 aromatic rings. The summed E-state index contributed by atoms with van der Waals surface area (Å²) in [4.78, 5) is 12.5. The second-order valence-corrected chi connectivity index (χ2v) is 16.8. The molecular formula is C44H85NO5S. The van der Waals surface area contributed by atoms with Gasteiger partial charge in [-0.3, -0.25) is 9.35 Å². The monoisotopic (exact) mass is 740 g/mol. The van der Waals surface area contributed by atoms with Crippen LogP contribution in [0.3, 0.4) is 0 Å². The van der Waals surface area contributed by atoms with E-state index in [1.165, 1.54) is 179 Å². The van der Waals surface area contributed by atoms with Crippen molar-refractivity contribution in [3.05, 3.63) is 24.3 Å². The number of allylic oxidation sites excluding steroid dienone is 3. The van der Waals surface area contributed by atoms with Crippen LogP contribution in [0.25, 0.3) is 0 Å². The van der Waals surface area contributed by atoms with Crippen LogP contribution in [-0.4, -0.2) is 41.9 Å². The molecule has 302 valence electrons. The Morgan fingerprint density at radius 2 is 0.843 bits per heavy atom. The Kier molecular flexibility index (Phi) is 37.6. The largest absolute Gasteiger partial charge is 0.387 e. The molecule has 0 aromatic heterocycles. The van der Waals surface area contributed by atoms with Crippen molar-refractivity contribution >= 4 is 16.0 Å². The molecule has 0 aromatic carbocycles. The van der Waals surface area contributed by atoms with Crippen LogP contribution in [0.4, 0.5) is 0 Å². The Bertz CT molecular complexity index is 903. The molecule has 2 unspecified atom stereocenters. The number of unbranched alkanes of at least 4 members (excludes halogenated alkanes) is 30. The van der Waals surface area contributed by atoms with E-state index in [0.29, 0.717) is 6.42 Å². The maximum Gasteiger partial charge on any atom is 0.267 e. The van der Waals surface area contributed by atoms with Crippen molar-refractivity contribution < 1.29 is 22.9 Å². The van der Waals surface area contributed by atoms with E-state index >= 15 is 0 Å². The second-order valence-electron chi connectivity index (χ2n) is 15.3. The fraction of sp³-hybridized carbons (Fsp3) is 0.886. The Morgan fingerprint density at radius 3 is 1.24 bits per heavy atom. The molecule has 0 aliphatic rings. The van der Waals surface area contributed by atoms with E-state index in [-0.39, 0.29) is 5.91 Å². The van der Waals surface area contributed by atoms with E-state index < -0.39 is 28.0 Å². The second kappa shape index (κ2) is 38.5. The number of carbonyl (C=O) groups excluding carboxylic acids is 1. The van der Waals surface area contributed by atoms with Gasteiger partial charge in [0.25, 0.3) is 10.1 Å². The van der Waals surface area contributed by atoms with Crippen LogP contribution >= 0.6 is 0 Å². The maximum absolute atomic E-state index is 12.5. The van der Waals surface area contributed by atoms with Crippen molar-refractivity contribution in [2.24, 2.45) is 0 Å². The number of nitrogens with one attached hydrogen (secondary N) is 1. The highest BCUT2D eigenvalue weighted by molar-refractivity contribution is 7.85. The van der Waals surface area contributed by atoms with Gasteiger partial charge in [-0.15, -0.1) is 0 Å². The zero-order valence-corrected chi connectivity index (χ0v) is 34.6. The molecule has 0 radical (unpaired) electrons. The highest BCUT2D eigenvalue weighted by Gasteiger charge is 2.24. The molecule has 0 fully saturated rings. The number of aliphatic hydroxyl groups excluding tert-OH is 1. The van der Waals surface area contributed by atoms with Gasteiger partial charge in [0.1, 0.15) is 0 Å². The lowest BCUT2D eigenvalue weighted by molar-refractivity contribution is -0.122. The minimum Gasteiger partial charge on any atom is -0.387 e. The maximum atomic E-state index is 12.5. The first-order valence-corrected chi connectivity index (χ1v) is 23.6. The number of carbonyl (C=O) groups is 1. The predicted octanol–water partition coefficient (Wildman–Crippen LogP) is 13.1. The molecule has 0 bridgehead atoms. The first kappa shape index (κ1) is 49.8. The van der Waals surface area contributed by atoms with Gasteiger partial charge in [-0.25, -0.2) is 0 Å². The van der Waals surface area contributed by atoms with Crippen LogP contribution < -0.4 is 5.32 Å². The van der Waals surface area contributed by atoms with E-state index in [4.69, 9.17) is 0 Å². The lowest BCUT2D eigenvalue weighted by Crippen LogP contribution is -2.46. The van der Waals surface area contributed by atoms with Gasteiger partial charge in [0, 0.05) is 6.42 Å². The van der Waals surface area contributed by atoms with Gasteiger partial charge >= 0.3 is 0 Å². The van der Waals surface area contributed by atoms with E-state index in [1.54, 1.807) is 0 Å². The Balaban J connectivity index is 3.89. The summed E-state index contributed by atoms with van der Waals surface area (Å²) in [7, 11) is -4.35. The predicted molar refractivity (Wildman–Crippen MR) is 221 cm³/mol. The fourth-order valence-electron chi connectivity index (χ4n) is 6.82. The summed E-state index contributed by atoms with van der Waals surface area (Å²) in [6.07, 6.45) is 48.8. The SMILES string of the molecule is CCCCCCCCCCCCC/C=C/CC/C=C/C(O)C(CS(=O)(=O)O)NC(=O)CCCCCCCCCCCCCCCCCCCCC. The number of amides is 1. The summed E-state index contributed by atoms with van der Waals surface area (Å²) in [6.45, 7) is 4.54. The first-order chi connectivity index (χ1) is 24.8. The third-order valence-corrected chi connectivity index (χ3v) is 10.9. The summed E-state index contributed by atoms with van der Waals surface area (Å²) in [5.41, 5.74) is 0. The van der Waals surface area contributed by atoms with Crippen molar-refractivity contribution in [3.63, 3.8) is 0 Å². The standard InChI is InChI=1S/C44H85NO5S/c1-3-5-7-9-11-13-15-17-19-21-22-24-26-28-30-32-34-36-38-40-44(47)45-42(41-51(48,49)50)43(46)39-37-35-33-31-29-27-25-23-20-18-16-14-12-10-8-6-4-2/h29,31,37,39,42-43,46H,3-28,30,32-36,38,40-41H2,1-2H3,(H,45,47)(H,48,49,50)/b31-29+,39-37+. The summed E-state index contributed by atoms with van der Waals surface area (Å²) < 4.78 is 32.5. The van der Waals surface area contributed by atoms with Crippen molar-refractivity contribution in [3.8, 4) is 0 Å². The molecule has 0 saturated carbocycles. The first-order valence-electron chi connectivity index (χ1n) is 22.0. The fourth-order valence-corrected chi connectivity index (χ4v) is 7.55. The molecule has 0 aliphatic carbocycles. The van der Waals surface area contributed by atoms with Gasteiger partial charge < -0.3 is 10.4 Å². The van der Waals surface area contributed by atoms with Crippen LogP contribution in [-0.2, 0) is 14.9 Å². The lowest BCUT2D eigenvalue weighted by Gasteiger charge is -2.21. The third-order valence-electron chi connectivity index (χ3n) is 10.1. The highest BCUT2D eigenvalue weighted by Crippen LogP contribution is 2.16. The molecule has 6 nitrogen and oxygen atoms in total. The summed E-state index contributed by atoms with van der Waals surface area (Å²) in [5, 5.41) is 13.2. The Labute approximate surface area is 317 Å². The van der Waals surface area contributed by atoms with Gasteiger partial charge in [-0.1, -0.05) is 218 Å². The van der Waals surface area contributed by atoms with E-state index in [2.05, 4.69) is 31.3 Å². The normalized spacial score (nSPS) is 13.4. The molecule has 0 aliphatic heterocycles. The molecule has 0 heterocycles. The van der Waals surface area contributed by atoms with Crippen molar-refractivity contribution in [1.82, 2.24) is 5.32 Å². The molecule has 51 heavy (non-hydrogen) atoms. The number of hydrogen-bond donors (Lipinski definition) is 3. The minimum absolute atomic E-state index is 0.284. The molecule has 0 rings (SSSR count). The number of rotatable bonds is 40. The quantitative estimate of drug-likeness (QED) is 0.0330. The molecule has 0 saturated heterocycles. The highest BCUT2D eigenvalue weighted by atomic mass is 32.2. The average molecular weight is 740 g/mol. The third kappa shape index (κ3) is 39.9. The number of hydrogen-bond acceptors (Lipinski definition) is 4. The van der Waals surface area contributed by atoms with Gasteiger partial charge in [0.15, 0.2) is 0 Å². The van der Waals surface area contributed by atoms with Gasteiger partial charge in [0.05, 0.1) is 17.9 Å². The Morgan fingerprint density at radius 1 is 0.510 bits per heavy atom. The minimum atomic E-state index is -4.35. The average Bonchev–Trinajstić information content (AvgIpc) is 3.09. The van der Waals surface area contributed by atoms with E-state index in [0.717, 1.165) is 38.5 Å². The van der Waals surface area contributed by atoms with Crippen molar-refractivity contribution in [2.45, 2.75) is 244 Å². The van der Waals surface area contributed by atoms with Crippen LogP contribution in [0.1, 0.15) is 232 Å². The molecule has 7 heteroatoms. The molecule has 2 atom stereocenters. The summed E-state index contributed by atoms with van der Waals surface area (Å²) in [5.74, 6) is -0.990. The van der Waals surface area contributed by atoms with Crippen LogP contribution in [0.15, 0.2) is 24.3 Å². The van der Waals surface area contributed by atoms with Gasteiger partial charge in [-0.05, 0) is 32.1 Å². The van der Waals surface area contributed by atoms with E-state index in [1.807, 2.05) is 6.08 Å². The zero-order chi connectivity index (χ0) is 37.5. The van der Waals surface area contributed by atoms with E-state index in [9.17, 15) is 22.9 Å². The van der Waals surface area contributed by atoms with Gasteiger partial charge in [-0.2, -0.15) is 8.42 Å². The molecule has 0 spiro atoms. The zero-order valence-electron chi connectivity index (χ0n) is 33.7. The molecule has 3 N–H and O–H groups in total. The van der Waals surface area contributed by atoms with Crippen molar-refractivity contribution in [1.29, 1.82) is 0 Å². The van der Waals surface area contributed by atoms with Crippen LogP contribution in [0.2, 0.25) is 0 Å².